The molecule has 1 N–H and O–H groups in total. The molecule has 1 atom stereocenters. The molecule has 1 heterocycles. The third-order valence-corrected chi connectivity index (χ3v) is 3.09. The van der Waals surface area contributed by atoms with Crippen LogP contribution >= 0.6 is 0 Å². The van der Waals surface area contributed by atoms with Gasteiger partial charge in [-0.2, -0.15) is 5.26 Å². The number of esters is 1. The lowest BCUT2D eigenvalue weighted by atomic mass is 9.72. The third-order valence-electron chi connectivity index (χ3n) is 3.09. The molecule has 1 aliphatic rings. The van der Waals surface area contributed by atoms with Crippen molar-refractivity contribution in [2.24, 2.45) is 5.41 Å². The van der Waals surface area contributed by atoms with Crippen LogP contribution in [0.4, 0.5) is 0 Å². The normalized spacial score (nSPS) is 30.5. The topological polar surface area (TPSA) is 62.1 Å². The van der Waals surface area contributed by atoms with E-state index in [1.54, 1.807) is 20.8 Å². The summed E-state index contributed by atoms with van der Waals surface area (Å²) in [6.07, 6.45) is 0. The van der Waals surface area contributed by atoms with Crippen LogP contribution in [0.2, 0.25) is 0 Å². The van der Waals surface area contributed by atoms with Crippen LogP contribution in [-0.4, -0.2) is 23.7 Å². The molecule has 4 heteroatoms. The molecule has 0 aromatic rings. The van der Waals surface area contributed by atoms with Gasteiger partial charge in [0.05, 0.1) is 11.5 Å². The molecule has 1 saturated heterocycles. The van der Waals surface area contributed by atoms with E-state index >= 15 is 0 Å². The van der Waals surface area contributed by atoms with E-state index in [1.807, 2.05) is 13.8 Å². The molecule has 84 valence electrons. The number of carbonyl (C=O) groups excluding carboxylic acids is 1. The maximum absolute atomic E-state index is 11.8. The Hall–Kier alpha value is -1.08. The molecular formula is C11H18N2O2. The van der Waals surface area contributed by atoms with Gasteiger partial charge in [-0.05, 0) is 34.6 Å². The number of hydrogen-bond acceptors (Lipinski definition) is 4. The Morgan fingerprint density at radius 1 is 1.47 bits per heavy atom. The van der Waals surface area contributed by atoms with E-state index < -0.39 is 11.0 Å². The van der Waals surface area contributed by atoms with E-state index in [4.69, 9.17) is 10.00 Å². The Morgan fingerprint density at radius 2 is 2.00 bits per heavy atom. The van der Waals surface area contributed by atoms with Crippen molar-refractivity contribution in [3.05, 3.63) is 0 Å². The molecule has 0 aliphatic carbocycles. The SMILES string of the molecule is CC1(C)COC(=O)C(C)(C(C)(C)C#N)N1. The Balaban J connectivity index is 3.11. The van der Waals surface area contributed by atoms with Gasteiger partial charge in [0.25, 0.3) is 0 Å². The minimum atomic E-state index is -0.955. The molecule has 0 saturated carbocycles. The fourth-order valence-corrected chi connectivity index (χ4v) is 1.68. The molecule has 0 radical (unpaired) electrons. The first-order valence-electron chi connectivity index (χ1n) is 5.02. The summed E-state index contributed by atoms with van der Waals surface area (Å²) >= 11 is 0. The molecule has 0 amide bonds. The van der Waals surface area contributed by atoms with Gasteiger partial charge in [0.1, 0.15) is 12.1 Å². The van der Waals surface area contributed by atoms with Crippen molar-refractivity contribution in [3.63, 3.8) is 0 Å². The maximum atomic E-state index is 11.8. The lowest BCUT2D eigenvalue weighted by molar-refractivity contribution is -0.166. The fourth-order valence-electron chi connectivity index (χ4n) is 1.68. The van der Waals surface area contributed by atoms with Gasteiger partial charge in [0.2, 0.25) is 0 Å². The monoisotopic (exact) mass is 210 g/mol. The highest BCUT2D eigenvalue weighted by Gasteiger charge is 2.54. The zero-order valence-corrected chi connectivity index (χ0v) is 9.97. The average molecular weight is 210 g/mol. The van der Waals surface area contributed by atoms with Crippen LogP contribution in [0, 0.1) is 16.7 Å². The molecule has 1 unspecified atom stereocenters. The number of carbonyl (C=O) groups is 1. The van der Waals surface area contributed by atoms with Gasteiger partial charge in [-0.25, -0.2) is 4.79 Å². The Bertz CT molecular complexity index is 328. The van der Waals surface area contributed by atoms with Crippen molar-refractivity contribution in [2.45, 2.75) is 45.7 Å². The second-order valence-corrected chi connectivity index (χ2v) is 5.45. The Kier molecular flexibility index (Phi) is 2.56. The maximum Gasteiger partial charge on any atom is 0.327 e. The average Bonchev–Trinajstić information content (AvgIpc) is 2.11. The van der Waals surface area contributed by atoms with Crippen LogP contribution in [0.5, 0.6) is 0 Å². The van der Waals surface area contributed by atoms with Crippen molar-refractivity contribution in [1.82, 2.24) is 5.32 Å². The summed E-state index contributed by atoms with van der Waals surface area (Å²) < 4.78 is 5.14. The van der Waals surface area contributed by atoms with Crippen LogP contribution in [0.1, 0.15) is 34.6 Å². The summed E-state index contributed by atoms with van der Waals surface area (Å²) in [5.74, 6) is -0.353. The molecule has 15 heavy (non-hydrogen) atoms. The molecule has 1 rings (SSSR count). The lowest BCUT2D eigenvalue weighted by Crippen LogP contribution is -2.70. The van der Waals surface area contributed by atoms with Crippen LogP contribution in [0.25, 0.3) is 0 Å². The van der Waals surface area contributed by atoms with Crippen molar-refractivity contribution in [1.29, 1.82) is 5.26 Å². The van der Waals surface area contributed by atoms with E-state index in [0.717, 1.165) is 0 Å². The second kappa shape index (κ2) is 3.21. The summed E-state index contributed by atoms with van der Waals surface area (Å²) in [5, 5.41) is 12.3. The number of hydrogen-bond donors (Lipinski definition) is 1. The van der Waals surface area contributed by atoms with Gasteiger partial charge >= 0.3 is 5.97 Å². The number of nitrogens with one attached hydrogen (secondary N) is 1. The standard InChI is InChI=1S/C11H18N2O2/c1-9(2,6-12)11(5)8(14)15-7-10(3,4)13-11/h13H,7H2,1-5H3. The van der Waals surface area contributed by atoms with Crippen molar-refractivity contribution in [2.75, 3.05) is 6.61 Å². The predicted molar refractivity (Wildman–Crippen MR) is 56.0 cm³/mol. The van der Waals surface area contributed by atoms with Gasteiger partial charge in [0, 0.05) is 5.54 Å². The first kappa shape index (κ1) is 12.0. The number of morpholine rings is 1. The highest BCUT2D eigenvalue weighted by atomic mass is 16.5. The largest absolute Gasteiger partial charge is 0.462 e. The molecule has 4 nitrogen and oxygen atoms in total. The van der Waals surface area contributed by atoms with Gasteiger partial charge in [-0.1, -0.05) is 0 Å². The zero-order valence-electron chi connectivity index (χ0n) is 9.97. The predicted octanol–water partition coefficient (Wildman–Crippen LogP) is 1.22. The summed E-state index contributed by atoms with van der Waals surface area (Å²) in [6.45, 7) is 9.43. The number of ether oxygens (including phenoxy) is 1. The molecule has 0 aromatic carbocycles. The molecule has 1 aliphatic heterocycles. The van der Waals surface area contributed by atoms with Gasteiger partial charge in [-0.15, -0.1) is 0 Å². The van der Waals surface area contributed by atoms with E-state index in [2.05, 4.69) is 11.4 Å². The molecule has 1 fully saturated rings. The number of nitrogens with zero attached hydrogens (tertiary/aromatic N) is 1. The van der Waals surface area contributed by atoms with Crippen molar-refractivity contribution < 1.29 is 9.53 Å². The van der Waals surface area contributed by atoms with E-state index in [-0.39, 0.29) is 11.5 Å². The minimum absolute atomic E-state index is 0.295. The molecule has 0 bridgehead atoms. The van der Waals surface area contributed by atoms with E-state index in [1.165, 1.54) is 0 Å². The highest BCUT2D eigenvalue weighted by molar-refractivity contribution is 5.83. The number of rotatable bonds is 1. The second-order valence-electron chi connectivity index (χ2n) is 5.45. The first-order chi connectivity index (χ1) is 6.65. The van der Waals surface area contributed by atoms with E-state index in [9.17, 15) is 4.79 Å². The summed E-state index contributed by atoms with van der Waals surface area (Å²) in [6, 6.07) is 2.16. The smallest absolute Gasteiger partial charge is 0.327 e. The Labute approximate surface area is 90.6 Å². The Morgan fingerprint density at radius 3 is 2.47 bits per heavy atom. The summed E-state index contributed by atoms with van der Waals surface area (Å²) in [5.41, 5.74) is -2.05. The molecule has 0 aromatic heterocycles. The minimum Gasteiger partial charge on any atom is -0.462 e. The van der Waals surface area contributed by atoms with Crippen molar-refractivity contribution in [3.8, 4) is 6.07 Å². The zero-order chi connectivity index (χ0) is 11.9. The first-order valence-corrected chi connectivity index (χ1v) is 5.02. The van der Waals surface area contributed by atoms with Gasteiger partial charge in [-0.3, -0.25) is 5.32 Å². The quantitative estimate of drug-likeness (QED) is 0.661. The van der Waals surface area contributed by atoms with Crippen LogP contribution in [0.3, 0.4) is 0 Å². The van der Waals surface area contributed by atoms with Crippen LogP contribution in [-0.2, 0) is 9.53 Å². The van der Waals surface area contributed by atoms with E-state index in [0.29, 0.717) is 6.61 Å². The lowest BCUT2D eigenvalue weighted by Gasteiger charge is -2.47. The van der Waals surface area contributed by atoms with Crippen LogP contribution in [0.15, 0.2) is 0 Å². The summed E-state index contributed by atoms with van der Waals surface area (Å²) in [7, 11) is 0. The highest BCUT2D eigenvalue weighted by Crippen LogP contribution is 2.35. The molecular weight excluding hydrogens is 192 g/mol. The van der Waals surface area contributed by atoms with Crippen molar-refractivity contribution >= 4 is 5.97 Å². The number of nitriles is 1. The van der Waals surface area contributed by atoms with Gasteiger partial charge in [0.15, 0.2) is 0 Å². The third kappa shape index (κ3) is 1.84. The van der Waals surface area contributed by atoms with Gasteiger partial charge < -0.3 is 4.74 Å². The summed E-state index contributed by atoms with van der Waals surface area (Å²) in [4.78, 5) is 11.8. The fraction of sp³-hybridized carbons (Fsp3) is 0.818. The molecule has 0 spiro atoms. The van der Waals surface area contributed by atoms with Crippen LogP contribution < -0.4 is 5.32 Å². The number of cyclic esters (lactones) is 1.